The molecule has 0 aromatic rings. The predicted octanol–water partition coefficient (Wildman–Crippen LogP) is 6.81. The first kappa shape index (κ1) is 23.7. The van der Waals surface area contributed by atoms with E-state index in [0.717, 1.165) is 31.2 Å². The van der Waals surface area contributed by atoms with Gasteiger partial charge in [0.1, 0.15) is 5.72 Å². The van der Waals surface area contributed by atoms with Gasteiger partial charge in [-0.25, -0.2) is 0 Å². The highest BCUT2D eigenvalue weighted by atomic mass is 16.6. The summed E-state index contributed by atoms with van der Waals surface area (Å²) in [6, 6.07) is 0.262. The Morgan fingerprint density at radius 1 is 0.794 bits per heavy atom. The molecule has 0 aromatic carbocycles. The quantitative estimate of drug-likeness (QED) is 0.334. The summed E-state index contributed by atoms with van der Waals surface area (Å²) in [7, 11) is 0. The molecule has 5 heteroatoms. The highest BCUT2D eigenvalue weighted by Crippen LogP contribution is 2.65. The molecule has 2 heterocycles. The third-order valence-corrected chi connectivity index (χ3v) is 12.0. The molecule has 0 bridgehead atoms. The lowest BCUT2D eigenvalue weighted by Crippen LogP contribution is -2.68. The largest absolute Gasteiger partial charge is 0.356 e. The summed E-state index contributed by atoms with van der Waals surface area (Å²) in [5, 5.41) is 11.6. The Bertz CT molecular complexity index is 756. The van der Waals surface area contributed by atoms with Crippen LogP contribution in [0.4, 0.5) is 0 Å². The molecule has 6 rings (SSSR count). The molecule has 4 aliphatic carbocycles. The average molecular weight is 473 g/mol. The maximum atomic E-state index is 11.6. The van der Waals surface area contributed by atoms with E-state index in [0.29, 0.717) is 30.2 Å². The predicted molar refractivity (Wildman–Crippen MR) is 134 cm³/mol. The lowest BCUT2D eigenvalue weighted by Gasteiger charge is -2.60. The summed E-state index contributed by atoms with van der Waals surface area (Å²) in [5.74, 6) is 3.61. The Morgan fingerprint density at radius 2 is 1.47 bits per heavy atom. The molecular formula is C29H48N2O3. The van der Waals surface area contributed by atoms with E-state index in [4.69, 9.17) is 4.74 Å². The van der Waals surface area contributed by atoms with Crippen molar-refractivity contribution in [2.45, 2.75) is 140 Å². The van der Waals surface area contributed by atoms with Crippen LogP contribution in [0.15, 0.2) is 0 Å². The van der Waals surface area contributed by atoms with Crippen LogP contribution in [0.1, 0.15) is 117 Å². The Hall–Kier alpha value is -0.680. The van der Waals surface area contributed by atoms with E-state index in [1.54, 1.807) is 0 Å². The fraction of sp³-hybridized carbons (Fsp3) is 1.00. The lowest BCUT2D eigenvalue weighted by molar-refractivity contribution is -0.531. The van der Waals surface area contributed by atoms with Crippen molar-refractivity contribution in [1.29, 1.82) is 0 Å². The average Bonchev–Trinajstić information content (AvgIpc) is 3.07. The number of nitro groups is 1. The van der Waals surface area contributed by atoms with Gasteiger partial charge in [-0.05, 0) is 62.7 Å². The molecule has 6 unspecified atom stereocenters. The van der Waals surface area contributed by atoms with E-state index in [1.807, 2.05) is 0 Å². The number of rotatable bonds is 3. The van der Waals surface area contributed by atoms with Crippen LogP contribution in [0.2, 0.25) is 0 Å². The Labute approximate surface area is 206 Å². The summed E-state index contributed by atoms with van der Waals surface area (Å²) in [6.07, 6.45) is 20.6. The SMILES string of the molecule is CC1(C)C2CCCCC2N2CC3CC([N+](=O)[O-])CCC3OC21C1CCC(C2CCCCC2)CC1. The van der Waals surface area contributed by atoms with Crippen LogP contribution >= 0.6 is 0 Å². The summed E-state index contributed by atoms with van der Waals surface area (Å²) in [4.78, 5) is 14.5. The van der Waals surface area contributed by atoms with Gasteiger partial charge in [0.05, 0.1) is 6.10 Å². The fourth-order valence-electron chi connectivity index (χ4n) is 10.4. The maximum Gasteiger partial charge on any atom is 0.213 e. The molecule has 6 atom stereocenters. The number of ether oxygens (including phenoxy) is 1. The molecular weight excluding hydrogens is 424 g/mol. The summed E-state index contributed by atoms with van der Waals surface area (Å²) < 4.78 is 7.46. The minimum absolute atomic E-state index is 0.0120. The molecule has 0 spiro atoms. The van der Waals surface area contributed by atoms with Crippen molar-refractivity contribution in [2.75, 3.05) is 6.54 Å². The third-order valence-electron chi connectivity index (χ3n) is 12.0. The second-order valence-electron chi connectivity index (χ2n) is 13.7. The summed E-state index contributed by atoms with van der Waals surface area (Å²) >= 11 is 0. The summed E-state index contributed by atoms with van der Waals surface area (Å²) in [5.41, 5.74) is 0.0121. The standard InChI is InChI=1S/C29H48N2O3/c1-28(2)25-10-6-7-11-26(25)30-19-22-18-24(31(32)33)16-17-27(22)34-29(28,30)23-14-12-21(13-15-23)20-8-4-3-5-9-20/h20-27H,3-19H2,1-2H3. The van der Waals surface area contributed by atoms with Crippen LogP contribution in [0.25, 0.3) is 0 Å². The highest BCUT2D eigenvalue weighted by molar-refractivity contribution is 5.16. The molecule has 2 aliphatic heterocycles. The van der Waals surface area contributed by atoms with Gasteiger partial charge in [-0.2, -0.15) is 0 Å². The van der Waals surface area contributed by atoms with Crippen LogP contribution in [0.5, 0.6) is 0 Å². The van der Waals surface area contributed by atoms with E-state index in [-0.39, 0.29) is 28.2 Å². The fourth-order valence-corrected chi connectivity index (χ4v) is 10.4. The number of hydrogen-bond donors (Lipinski definition) is 0. The summed E-state index contributed by atoms with van der Waals surface area (Å²) in [6.45, 7) is 6.14. The van der Waals surface area contributed by atoms with Crippen molar-refractivity contribution >= 4 is 0 Å². The van der Waals surface area contributed by atoms with Crippen LogP contribution in [-0.4, -0.2) is 40.3 Å². The Kier molecular flexibility index (Phi) is 6.28. The molecule has 4 saturated carbocycles. The maximum absolute atomic E-state index is 11.6. The van der Waals surface area contributed by atoms with Crippen LogP contribution < -0.4 is 0 Å². The van der Waals surface area contributed by atoms with Gasteiger partial charge >= 0.3 is 0 Å². The van der Waals surface area contributed by atoms with E-state index in [1.165, 1.54) is 83.5 Å². The first-order chi connectivity index (χ1) is 16.4. The second kappa shape index (κ2) is 9.01. The number of nitrogens with zero attached hydrogens (tertiary/aromatic N) is 2. The highest BCUT2D eigenvalue weighted by Gasteiger charge is 2.70. The van der Waals surface area contributed by atoms with E-state index < -0.39 is 0 Å². The van der Waals surface area contributed by atoms with Crippen molar-refractivity contribution in [3.05, 3.63) is 10.1 Å². The Morgan fingerprint density at radius 3 is 2.21 bits per heavy atom. The van der Waals surface area contributed by atoms with Gasteiger partial charge in [-0.3, -0.25) is 15.0 Å². The van der Waals surface area contributed by atoms with Gasteiger partial charge in [0, 0.05) is 47.6 Å². The smallest absolute Gasteiger partial charge is 0.213 e. The zero-order valence-corrected chi connectivity index (χ0v) is 21.8. The van der Waals surface area contributed by atoms with Crippen LogP contribution in [-0.2, 0) is 4.74 Å². The monoisotopic (exact) mass is 472 g/mol. The van der Waals surface area contributed by atoms with Crippen molar-refractivity contribution in [3.63, 3.8) is 0 Å². The van der Waals surface area contributed by atoms with Gasteiger partial charge in [0.2, 0.25) is 6.04 Å². The molecule has 6 fully saturated rings. The van der Waals surface area contributed by atoms with E-state index in [9.17, 15) is 10.1 Å². The molecule has 0 radical (unpaired) electrons. The minimum Gasteiger partial charge on any atom is -0.356 e. The minimum atomic E-state index is -0.360. The zero-order chi connectivity index (χ0) is 23.5. The normalized spacial score (nSPS) is 47.4. The van der Waals surface area contributed by atoms with E-state index >= 15 is 0 Å². The van der Waals surface area contributed by atoms with Gasteiger partial charge in [-0.1, -0.05) is 58.8 Å². The number of fused-ring (bicyclic) bond motifs is 4. The molecule has 2 saturated heterocycles. The first-order valence-corrected chi connectivity index (χ1v) is 15.0. The zero-order valence-electron chi connectivity index (χ0n) is 21.8. The van der Waals surface area contributed by atoms with Crippen molar-refractivity contribution in [3.8, 4) is 0 Å². The van der Waals surface area contributed by atoms with Crippen LogP contribution in [0.3, 0.4) is 0 Å². The second-order valence-corrected chi connectivity index (χ2v) is 13.7. The van der Waals surface area contributed by atoms with Gasteiger partial charge in [-0.15, -0.1) is 0 Å². The van der Waals surface area contributed by atoms with Gasteiger partial charge < -0.3 is 4.74 Å². The molecule has 5 nitrogen and oxygen atoms in total. The molecule has 0 aromatic heterocycles. The van der Waals surface area contributed by atoms with Gasteiger partial charge in [0.25, 0.3) is 0 Å². The van der Waals surface area contributed by atoms with Gasteiger partial charge in [0.15, 0.2) is 0 Å². The van der Waals surface area contributed by atoms with E-state index in [2.05, 4.69) is 18.7 Å². The topological polar surface area (TPSA) is 55.6 Å². The molecule has 6 aliphatic rings. The van der Waals surface area contributed by atoms with Crippen LogP contribution in [0, 0.1) is 45.1 Å². The third kappa shape index (κ3) is 3.61. The van der Waals surface area contributed by atoms with Crippen molar-refractivity contribution in [2.24, 2.45) is 35.0 Å². The van der Waals surface area contributed by atoms with Crippen molar-refractivity contribution in [1.82, 2.24) is 4.90 Å². The molecule has 0 amide bonds. The molecule has 192 valence electrons. The van der Waals surface area contributed by atoms with Crippen molar-refractivity contribution < 1.29 is 9.66 Å². The number of hydrogen-bond acceptors (Lipinski definition) is 4. The molecule has 0 N–H and O–H groups in total. The first-order valence-electron chi connectivity index (χ1n) is 15.0. The Balaban J connectivity index is 1.28. The molecule has 34 heavy (non-hydrogen) atoms. The lowest BCUT2D eigenvalue weighted by atomic mass is 9.60.